The lowest BCUT2D eigenvalue weighted by Gasteiger charge is -2.16. The maximum Gasteiger partial charge on any atom is 0.342 e. The van der Waals surface area contributed by atoms with Crippen LogP contribution in [-0.4, -0.2) is 39.2 Å². The summed E-state index contributed by atoms with van der Waals surface area (Å²) in [5.41, 5.74) is 1.39. The van der Waals surface area contributed by atoms with E-state index in [0.717, 1.165) is 17.7 Å². The molecule has 3 rings (SSSR count). The summed E-state index contributed by atoms with van der Waals surface area (Å²) in [6.07, 6.45) is 0. The van der Waals surface area contributed by atoms with E-state index < -0.39 is 56.2 Å². The zero-order chi connectivity index (χ0) is 24.3. The van der Waals surface area contributed by atoms with Crippen molar-refractivity contribution in [2.75, 3.05) is 12.8 Å². The maximum absolute atomic E-state index is 12.3. The fourth-order valence-corrected chi connectivity index (χ4v) is 3.22. The molecule has 1 heterocycles. The normalized spacial score (nSPS) is 10.5. The van der Waals surface area contributed by atoms with Crippen molar-refractivity contribution in [3.05, 3.63) is 79.6 Å². The van der Waals surface area contributed by atoms with E-state index in [0.29, 0.717) is 0 Å². The molecule has 0 radical (unpaired) electrons. The van der Waals surface area contributed by atoms with E-state index in [2.05, 4.69) is 0 Å². The van der Waals surface area contributed by atoms with E-state index in [1.54, 1.807) is 30.3 Å². The van der Waals surface area contributed by atoms with E-state index in [4.69, 9.17) is 15.2 Å². The van der Waals surface area contributed by atoms with Gasteiger partial charge in [-0.2, -0.15) is 0 Å². The molecule has 12 heteroatoms. The van der Waals surface area contributed by atoms with E-state index in [9.17, 15) is 34.7 Å². The Kier molecular flexibility index (Phi) is 6.29. The Morgan fingerprint density at radius 2 is 1.73 bits per heavy atom. The summed E-state index contributed by atoms with van der Waals surface area (Å²) in [5.74, 6) is -4.27. The Bertz CT molecular complexity index is 1320. The fourth-order valence-electron chi connectivity index (χ4n) is 3.22. The van der Waals surface area contributed by atoms with Crippen molar-refractivity contribution < 1.29 is 34.2 Å². The van der Waals surface area contributed by atoms with Gasteiger partial charge in [0, 0.05) is 5.56 Å². The summed E-state index contributed by atoms with van der Waals surface area (Å²) in [6, 6.07) is 10.9. The fraction of sp³-hybridized carbons (Fsp3) is 0.0952. The lowest BCUT2D eigenvalue weighted by atomic mass is 9.93. The van der Waals surface area contributed by atoms with Crippen molar-refractivity contribution in [1.82, 2.24) is 4.98 Å². The highest BCUT2D eigenvalue weighted by molar-refractivity contribution is 6.08. The van der Waals surface area contributed by atoms with Crippen molar-refractivity contribution in [1.29, 1.82) is 0 Å². The number of ether oxygens (including phenoxy) is 2. The van der Waals surface area contributed by atoms with Gasteiger partial charge in [-0.15, -0.1) is 0 Å². The van der Waals surface area contributed by atoms with Gasteiger partial charge in [0.2, 0.25) is 0 Å². The number of rotatable bonds is 8. The first kappa shape index (κ1) is 22.8. The second-order valence-electron chi connectivity index (χ2n) is 6.65. The van der Waals surface area contributed by atoms with Crippen LogP contribution in [0.4, 0.5) is 11.5 Å². The van der Waals surface area contributed by atoms with Gasteiger partial charge in [0.05, 0.1) is 23.7 Å². The van der Waals surface area contributed by atoms with Crippen molar-refractivity contribution >= 4 is 23.4 Å². The number of hydrogen-bond acceptors (Lipinski definition) is 8. The van der Waals surface area contributed by atoms with Crippen LogP contribution in [0.25, 0.3) is 11.1 Å². The molecular weight excluding hydrogens is 438 g/mol. The van der Waals surface area contributed by atoms with Crippen LogP contribution in [0.1, 0.15) is 26.3 Å². The number of nitrogens with two attached hydrogens (primary N) is 1. The molecule has 0 unspecified atom stereocenters. The summed E-state index contributed by atoms with van der Waals surface area (Å²) < 4.78 is 10.9. The molecule has 170 valence electrons. The molecule has 0 spiro atoms. The number of carboxylic acids is 2. The number of anilines is 1. The second-order valence-corrected chi connectivity index (χ2v) is 6.65. The van der Waals surface area contributed by atoms with Gasteiger partial charge in [0.1, 0.15) is 23.6 Å². The van der Waals surface area contributed by atoms with E-state index in [1.165, 1.54) is 7.11 Å². The Morgan fingerprint density at radius 1 is 1.09 bits per heavy atom. The topological polar surface area (TPSA) is 195 Å². The average Bonchev–Trinajstić information content (AvgIpc) is 2.76. The third kappa shape index (κ3) is 4.44. The zero-order valence-corrected chi connectivity index (χ0v) is 17.0. The molecule has 0 aliphatic carbocycles. The van der Waals surface area contributed by atoms with Gasteiger partial charge in [-0.05, 0) is 11.6 Å². The number of nitrogens with zero attached hydrogens (tertiary/aromatic N) is 1. The molecule has 0 amide bonds. The van der Waals surface area contributed by atoms with Crippen molar-refractivity contribution in [3.8, 4) is 22.6 Å². The first-order chi connectivity index (χ1) is 15.6. The molecule has 1 aromatic heterocycles. The smallest absolute Gasteiger partial charge is 0.342 e. The van der Waals surface area contributed by atoms with Crippen molar-refractivity contribution in [2.24, 2.45) is 0 Å². The van der Waals surface area contributed by atoms with Crippen molar-refractivity contribution in [3.63, 3.8) is 0 Å². The van der Waals surface area contributed by atoms with E-state index >= 15 is 0 Å². The zero-order valence-electron chi connectivity index (χ0n) is 17.0. The molecule has 0 aliphatic heterocycles. The molecule has 5 N–H and O–H groups in total. The predicted molar refractivity (Wildman–Crippen MR) is 115 cm³/mol. The quantitative estimate of drug-likeness (QED) is 0.289. The molecule has 0 atom stereocenters. The lowest BCUT2D eigenvalue weighted by Crippen LogP contribution is -2.24. The van der Waals surface area contributed by atoms with E-state index in [-0.39, 0.29) is 18.1 Å². The number of carbonyl (C=O) groups is 2. The SMILES string of the molecule is COc1cc([N+](=O)[O-])c(-c2c(C(=O)O)c(N)[nH]c(=O)c2C(=O)O)cc1OCc1ccccc1. The molecule has 0 aliphatic rings. The first-order valence-electron chi connectivity index (χ1n) is 9.21. The van der Waals surface area contributed by atoms with Gasteiger partial charge in [0.25, 0.3) is 11.2 Å². The van der Waals surface area contributed by atoms with Crippen LogP contribution in [-0.2, 0) is 6.61 Å². The number of nitrogens with one attached hydrogen (secondary N) is 1. The maximum atomic E-state index is 12.3. The number of carboxylic acid groups (broad SMARTS) is 2. The van der Waals surface area contributed by atoms with Crippen LogP contribution in [0, 0.1) is 10.1 Å². The van der Waals surface area contributed by atoms with Gasteiger partial charge >= 0.3 is 11.9 Å². The van der Waals surface area contributed by atoms with Gasteiger partial charge in [0.15, 0.2) is 11.5 Å². The van der Waals surface area contributed by atoms with Crippen LogP contribution in [0.3, 0.4) is 0 Å². The molecule has 0 fully saturated rings. The Morgan fingerprint density at radius 3 is 2.27 bits per heavy atom. The molecule has 3 aromatic rings. The standard InChI is InChI=1S/C21H17N3O9/c1-32-13-8-12(24(30)31)11(7-14(13)33-9-10-5-3-2-4-6-10)15-16(20(26)27)18(22)23-19(25)17(15)21(28)29/h2-8H,9H2,1H3,(H,26,27)(H,28,29)(H3,22,23,25). The number of methoxy groups -OCH3 is 1. The lowest BCUT2D eigenvalue weighted by molar-refractivity contribution is -0.384. The van der Waals surface area contributed by atoms with Crippen LogP contribution in [0.2, 0.25) is 0 Å². The summed E-state index contributed by atoms with van der Waals surface area (Å²) in [5, 5.41) is 31.0. The van der Waals surface area contributed by atoms with Crippen LogP contribution < -0.4 is 20.8 Å². The summed E-state index contributed by atoms with van der Waals surface area (Å²) in [4.78, 5) is 48.9. The number of H-pyrrole nitrogens is 1. The number of aromatic amines is 1. The van der Waals surface area contributed by atoms with Gasteiger partial charge in [-0.25, -0.2) is 9.59 Å². The number of aromatic nitrogens is 1. The highest BCUT2D eigenvalue weighted by Gasteiger charge is 2.32. The first-order valence-corrected chi connectivity index (χ1v) is 9.21. The number of nitro groups is 1. The third-order valence-electron chi connectivity index (χ3n) is 4.66. The van der Waals surface area contributed by atoms with E-state index in [1.807, 2.05) is 4.98 Å². The number of benzene rings is 2. The molecule has 12 nitrogen and oxygen atoms in total. The molecule has 0 bridgehead atoms. The molecule has 0 saturated heterocycles. The number of nitro benzene ring substituents is 1. The Balaban J connectivity index is 2.34. The Labute approximate surface area is 185 Å². The van der Waals surface area contributed by atoms with Crippen LogP contribution >= 0.6 is 0 Å². The predicted octanol–water partition coefficient (Wildman–Crippen LogP) is 2.52. The molecule has 2 aromatic carbocycles. The van der Waals surface area contributed by atoms with Gasteiger partial charge in [-0.1, -0.05) is 30.3 Å². The van der Waals surface area contributed by atoms with Crippen molar-refractivity contribution in [2.45, 2.75) is 6.61 Å². The van der Waals surface area contributed by atoms with Crippen LogP contribution in [0.15, 0.2) is 47.3 Å². The largest absolute Gasteiger partial charge is 0.493 e. The summed E-state index contributed by atoms with van der Waals surface area (Å²) >= 11 is 0. The minimum absolute atomic E-state index is 0.0174. The minimum atomic E-state index is -1.80. The third-order valence-corrected chi connectivity index (χ3v) is 4.66. The van der Waals surface area contributed by atoms with Crippen LogP contribution in [0.5, 0.6) is 11.5 Å². The number of pyridine rings is 1. The number of hydrogen-bond donors (Lipinski definition) is 4. The Hall–Kier alpha value is -4.87. The monoisotopic (exact) mass is 455 g/mol. The summed E-state index contributed by atoms with van der Waals surface area (Å²) in [6.45, 7) is 0.0174. The van der Waals surface area contributed by atoms with Gasteiger partial charge < -0.3 is 30.4 Å². The minimum Gasteiger partial charge on any atom is -0.493 e. The second kappa shape index (κ2) is 9.09. The molecule has 0 saturated carbocycles. The highest BCUT2D eigenvalue weighted by Crippen LogP contribution is 2.42. The number of aromatic carboxylic acids is 2. The highest BCUT2D eigenvalue weighted by atomic mass is 16.6. The van der Waals surface area contributed by atoms with Gasteiger partial charge in [-0.3, -0.25) is 14.9 Å². The average molecular weight is 455 g/mol. The molecular formula is C21H17N3O9. The summed E-state index contributed by atoms with van der Waals surface area (Å²) in [7, 11) is 1.24. The number of nitrogen functional groups attached to an aromatic ring is 1. The molecule has 33 heavy (non-hydrogen) atoms.